The number of nitrogens with one attached hydrogen (secondary N) is 1. The minimum atomic E-state index is -0.196. The third kappa shape index (κ3) is 6.64. The lowest BCUT2D eigenvalue weighted by molar-refractivity contribution is -0.123. The van der Waals surface area contributed by atoms with Crippen molar-refractivity contribution in [1.82, 2.24) is 5.32 Å². The van der Waals surface area contributed by atoms with Crippen LogP contribution in [0.3, 0.4) is 0 Å². The van der Waals surface area contributed by atoms with E-state index in [9.17, 15) is 4.79 Å². The van der Waals surface area contributed by atoms with Crippen molar-refractivity contribution in [3.8, 4) is 11.5 Å². The summed E-state index contributed by atoms with van der Waals surface area (Å²) in [4.78, 5) is 11.9. The van der Waals surface area contributed by atoms with Gasteiger partial charge in [0.25, 0.3) is 5.91 Å². The summed E-state index contributed by atoms with van der Waals surface area (Å²) in [6, 6.07) is 12.9. The second-order valence-corrected chi connectivity index (χ2v) is 5.87. The van der Waals surface area contributed by atoms with E-state index in [1.54, 1.807) is 25.3 Å². The van der Waals surface area contributed by atoms with E-state index >= 15 is 0 Å². The average Bonchev–Trinajstić information content (AvgIpc) is 2.61. The molecule has 0 saturated heterocycles. The van der Waals surface area contributed by atoms with Crippen LogP contribution in [0.5, 0.6) is 11.5 Å². The molecule has 25 heavy (non-hydrogen) atoms. The maximum absolute atomic E-state index is 11.9. The van der Waals surface area contributed by atoms with Crippen LogP contribution in [0.2, 0.25) is 5.02 Å². The first-order valence-corrected chi connectivity index (χ1v) is 8.32. The Morgan fingerprint density at radius 1 is 1.08 bits per heavy atom. The molecule has 6 heteroatoms. The van der Waals surface area contributed by atoms with Gasteiger partial charge >= 0.3 is 0 Å². The SMILES string of the molecule is COCCOc1cccc(CNC(=O)COc2ccc(Cl)c(C)c2)c1. The molecule has 0 bridgehead atoms. The predicted molar refractivity (Wildman–Crippen MR) is 97.3 cm³/mol. The Labute approximate surface area is 152 Å². The number of methoxy groups -OCH3 is 1. The quantitative estimate of drug-likeness (QED) is 0.694. The van der Waals surface area contributed by atoms with Crippen molar-refractivity contribution < 1.29 is 19.0 Å². The van der Waals surface area contributed by atoms with Crippen LogP contribution in [0.4, 0.5) is 0 Å². The molecule has 0 aliphatic carbocycles. The molecule has 0 unspecified atom stereocenters. The Morgan fingerprint density at radius 3 is 2.64 bits per heavy atom. The van der Waals surface area contributed by atoms with Crippen molar-refractivity contribution in [3.63, 3.8) is 0 Å². The Morgan fingerprint density at radius 2 is 1.88 bits per heavy atom. The first kappa shape index (κ1) is 19.1. The van der Waals surface area contributed by atoms with Crippen molar-refractivity contribution in [2.24, 2.45) is 0 Å². The lowest BCUT2D eigenvalue weighted by atomic mass is 10.2. The number of halogens is 1. The summed E-state index contributed by atoms with van der Waals surface area (Å²) in [5.41, 5.74) is 1.86. The van der Waals surface area contributed by atoms with Crippen LogP contribution in [0.15, 0.2) is 42.5 Å². The largest absolute Gasteiger partial charge is 0.491 e. The van der Waals surface area contributed by atoms with Crippen LogP contribution in [0.1, 0.15) is 11.1 Å². The number of hydrogen-bond donors (Lipinski definition) is 1. The Bertz CT molecular complexity index is 706. The second kappa shape index (κ2) is 9.91. The van der Waals surface area contributed by atoms with Crippen LogP contribution >= 0.6 is 11.6 Å². The minimum Gasteiger partial charge on any atom is -0.491 e. The Balaban J connectivity index is 1.77. The topological polar surface area (TPSA) is 56.8 Å². The first-order valence-electron chi connectivity index (χ1n) is 7.95. The zero-order chi connectivity index (χ0) is 18.1. The van der Waals surface area contributed by atoms with Gasteiger partial charge in [0.15, 0.2) is 6.61 Å². The summed E-state index contributed by atoms with van der Waals surface area (Å²) < 4.78 is 16.0. The van der Waals surface area contributed by atoms with Crippen molar-refractivity contribution in [1.29, 1.82) is 0 Å². The molecule has 0 radical (unpaired) electrons. The normalized spacial score (nSPS) is 10.4. The second-order valence-electron chi connectivity index (χ2n) is 5.47. The van der Waals surface area contributed by atoms with Crippen molar-refractivity contribution in [3.05, 3.63) is 58.6 Å². The predicted octanol–water partition coefficient (Wildman–Crippen LogP) is 3.37. The van der Waals surface area contributed by atoms with Gasteiger partial charge in [-0.05, 0) is 48.4 Å². The number of hydrogen-bond acceptors (Lipinski definition) is 4. The first-order chi connectivity index (χ1) is 12.1. The maximum Gasteiger partial charge on any atom is 0.258 e. The number of benzene rings is 2. The molecule has 2 aromatic rings. The van der Waals surface area contributed by atoms with Gasteiger partial charge in [0.05, 0.1) is 6.61 Å². The number of carbonyl (C=O) groups is 1. The number of rotatable bonds is 9. The molecule has 0 heterocycles. The van der Waals surface area contributed by atoms with Gasteiger partial charge in [-0.15, -0.1) is 0 Å². The molecule has 5 nitrogen and oxygen atoms in total. The van der Waals surface area contributed by atoms with Crippen molar-refractivity contribution >= 4 is 17.5 Å². The molecule has 2 aromatic carbocycles. The van der Waals surface area contributed by atoms with E-state index in [1.165, 1.54) is 0 Å². The number of amides is 1. The standard InChI is InChI=1S/C19H22ClNO4/c1-14-10-17(6-7-18(14)20)25-13-19(22)21-12-15-4-3-5-16(11-15)24-9-8-23-2/h3-7,10-11H,8-9,12-13H2,1-2H3,(H,21,22). The van der Waals surface area contributed by atoms with Crippen LogP contribution in [-0.2, 0) is 16.1 Å². The number of aryl methyl sites for hydroxylation is 1. The average molecular weight is 364 g/mol. The molecular formula is C19H22ClNO4. The van der Waals surface area contributed by atoms with E-state index in [1.807, 2.05) is 31.2 Å². The highest BCUT2D eigenvalue weighted by Crippen LogP contribution is 2.20. The molecule has 1 amide bonds. The third-order valence-corrected chi connectivity index (χ3v) is 3.87. The van der Waals surface area contributed by atoms with Gasteiger partial charge in [-0.3, -0.25) is 4.79 Å². The molecule has 0 saturated carbocycles. The highest BCUT2D eigenvalue weighted by Gasteiger charge is 2.05. The van der Waals surface area contributed by atoms with Crippen LogP contribution in [0, 0.1) is 6.92 Å². The monoisotopic (exact) mass is 363 g/mol. The molecule has 0 fully saturated rings. The van der Waals surface area contributed by atoms with E-state index in [0.717, 1.165) is 16.9 Å². The number of ether oxygens (including phenoxy) is 3. The van der Waals surface area contributed by atoms with Crippen molar-refractivity contribution in [2.75, 3.05) is 26.9 Å². The molecule has 0 atom stereocenters. The van der Waals surface area contributed by atoms with E-state index in [-0.39, 0.29) is 12.5 Å². The molecule has 0 aliphatic rings. The molecular weight excluding hydrogens is 342 g/mol. The molecule has 1 N–H and O–H groups in total. The lowest BCUT2D eigenvalue weighted by Gasteiger charge is -2.10. The van der Waals surface area contributed by atoms with Crippen LogP contribution in [0.25, 0.3) is 0 Å². The third-order valence-electron chi connectivity index (χ3n) is 3.44. The summed E-state index contributed by atoms with van der Waals surface area (Å²) in [5.74, 6) is 1.17. The van der Waals surface area contributed by atoms with E-state index < -0.39 is 0 Å². The van der Waals surface area contributed by atoms with E-state index in [4.69, 9.17) is 25.8 Å². The minimum absolute atomic E-state index is 0.0505. The van der Waals surface area contributed by atoms with Gasteiger partial charge in [-0.25, -0.2) is 0 Å². The Hall–Kier alpha value is -2.24. The molecule has 134 valence electrons. The zero-order valence-corrected chi connectivity index (χ0v) is 15.1. The van der Waals surface area contributed by atoms with Gasteiger partial charge in [0.1, 0.15) is 18.1 Å². The Kier molecular flexibility index (Phi) is 7.57. The van der Waals surface area contributed by atoms with E-state index in [2.05, 4.69) is 5.32 Å². The molecule has 0 aliphatic heterocycles. The fraction of sp³-hybridized carbons (Fsp3) is 0.316. The fourth-order valence-corrected chi connectivity index (χ4v) is 2.21. The van der Waals surface area contributed by atoms with Gasteiger partial charge < -0.3 is 19.5 Å². The van der Waals surface area contributed by atoms with Crippen LogP contribution in [-0.4, -0.2) is 32.8 Å². The summed E-state index contributed by atoms with van der Waals surface area (Å²) in [6.45, 7) is 3.26. The summed E-state index contributed by atoms with van der Waals surface area (Å²) in [6.07, 6.45) is 0. The van der Waals surface area contributed by atoms with Crippen molar-refractivity contribution in [2.45, 2.75) is 13.5 Å². The molecule has 0 spiro atoms. The molecule has 0 aromatic heterocycles. The van der Waals surface area contributed by atoms with Gasteiger partial charge in [0.2, 0.25) is 0 Å². The lowest BCUT2D eigenvalue weighted by Crippen LogP contribution is -2.28. The highest BCUT2D eigenvalue weighted by atomic mass is 35.5. The van der Waals surface area contributed by atoms with Gasteiger partial charge in [0, 0.05) is 18.7 Å². The summed E-state index contributed by atoms with van der Waals surface area (Å²) in [5, 5.41) is 3.49. The highest BCUT2D eigenvalue weighted by molar-refractivity contribution is 6.31. The summed E-state index contributed by atoms with van der Waals surface area (Å²) >= 11 is 5.96. The maximum atomic E-state index is 11.9. The van der Waals surface area contributed by atoms with Gasteiger partial charge in [-0.2, -0.15) is 0 Å². The molecule has 2 rings (SSSR count). The number of carbonyl (C=O) groups excluding carboxylic acids is 1. The summed E-state index contributed by atoms with van der Waals surface area (Å²) in [7, 11) is 1.63. The smallest absolute Gasteiger partial charge is 0.258 e. The van der Waals surface area contributed by atoms with Crippen LogP contribution < -0.4 is 14.8 Å². The van der Waals surface area contributed by atoms with Gasteiger partial charge in [-0.1, -0.05) is 23.7 Å². The fourth-order valence-electron chi connectivity index (χ4n) is 2.10. The zero-order valence-electron chi connectivity index (χ0n) is 14.4. The van der Waals surface area contributed by atoms with E-state index in [0.29, 0.717) is 30.5 Å².